The van der Waals surface area contributed by atoms with Crippen LogP contribution in [-0.2, 0) is 6.54 Å². The van der Waals surface area contributed by atoms with Crippen LogP contribution in [0.25, 0.3) is 0 Å². The highest BCUT2D eigenvalue weighted by molar-refractivity contribution is 5.85. The van der Waals surface area contributed by atoms with Crippen molar-refractivity contribution < 1.29 is 0 Å². The molecule has 1 N–H and O–H groups in total. The van der Waals surface area contributed by atoms with Crippen LogP contribution in [0.2, 0.25) is 0 Å². The van der Waals surface area contributed by atoms with E-state index in [4.69, 9.17) is 0 Å². The SMILES string of the molecule is Cc1cccc2c1CN(C)[C@@H]1CNC[C@@H]21.Cl.Cl. The highest BCUT2D eigenvalue weighted by atomic mass is 35.5. The Morgan fingerprint density at radius 3 is 2.76 bits per heavy atom. The summed E-state index contributed by atoms with van der Waals surface area (Å²) in [7, 11) is 2.25. The molecule has 2 heterocycles. The fourth-order valence-corrected chi connectivity index (χ4v) is 3.10. The summed E-state index contributed by atoms with van der Waals surface area (Å²) in [5, 5.41) is 3.51. The van der Waals surface area contributed by atoms with E-state index in [9.17, 15) is 0 Å². The predicted octanol–water partition coefficient (Wildman–Crippen LogP) is 2.34. The highest BCUT2D eigenvalue weighted by Crippen LogP contribution is 2.35. The molecule has 0 unspecified atom stereocenters. The number of nitrogens with zero attached hydrogens (tertiary/aromatic N) is 1. The largest absolute Gasteiger partial charge is 0.314 e. The minimum absolute atomic E-state index is 0. The van der Waals surface area contributed by atoms with Crippen LogP contribution in [0.1, 0.15) is 22.6 Å². The van der Waals surface area contributed by atoms with Crippen LogP contribution in [0.4, 0.5) is 0 Å². The Labute approximate surface area is 116 Å². The lowest BCUT2D eigenvalue weighted by molar-refractivity contribution is 0.213. The Bertz CT molecular complexity index is 395. The van der Waals surface area contributed by atoms with E-state index in [1.54, 1.807) is 11.1 Å². The first-order chi connectivity index (χ1) is 7.27. The van der Waals surface area contributed by atoms with Crippen molar-refractivity contribution in [1.29, 1.82) is 0 Å². The number of hydrogen-bond acceptors (Lipinski definition) is 2. The molecule has 0 spiro atoms. The molecule has 17 heavy (non-hydrogen) atoms. The molecule has 1 saturated heterocycles. The zero-order valence-corrected chi connectivity index (χ0v) is 11.9. The maximum absolute atomic E-state index is 3.51. The number of likely N-dealkylation sites (N-methyl/N-ethyl adjacent to an activating group) is 1. The topological polar surface area (TPSA) is 15.3 Å². The zero-order valence-electron chi connectivity index (χ0n) is 10.3. The van der Waals surface area contributed by atoms with Crippen molar-refractivity contribution >= 4 is 24.8 Å². The van der Waals surface area contributed by atoms with Gasteiger partial charge in [-0.1, -0.05) is 18.2 Å². The predicted molar refractivity (Wildman–Crippen MR) is 76.5 cm³/mol. The average Bonchev–Trinajstić information content (AvgIpc) is 2.69. The van der Waals surface area contributed by atoms with Gasteiger partial charge in [0.2, 0.25) is 0 Å². The van der Waals surface area contributed by atoms with E-state index in [2.05, 4.69) is 42.4 Å². The Kier molecular flexibility index (Phi) is 4.85. The molecule has 1 aromatic carbocycles. The average molecular weight is 275 g/mol. The van der Waals surface area contributed by atoms with E-state index in [0.717, 1.165) is 19.6 Å². The van der Waals surface area contributed by atoms with E-state index < -0.39 is 0 Å². The molecule has 2 aliphatic rings. The molecule has 0 aliphatic carbocycles. The van der Waals surface area contributed by atoms with Crippen molar-refractivity contribution in [3.8, 4) is 0 Å². The van der Waals surface area contributed by atoms with Gasteiger partial charge in [-0.3, -0.25) is 4.90 Å². The van der Waals surface area contributed by atoms with Gasteiger partial charge in [0.15, 0.2) is 0 Å². The summed E-state index contributed by atoms with van der Waals surface area (Å²) in [6.45, 7) is 5.64. The van der Waals surface area contributed by atoms with Crippen molar-refractivity contribution in [2.24, 2.45) is 0 Å². The van der Waals surface area contributed by atoms with E-state index in [1.807, 2.05) is 0 Å². The monoisotopic (exact) mass is 274 g/mol. The minimum atomic E-state index is 0. The third-order valence-corrected chi connectivity index (χ3v) is 4.00. The van der Waals surface area contributed by atoms with E-state index in [0.29, 0.717) is 12.0 Å². The smallest absolute Gasteiger partial charge is 0.0302 e. The molecule has 0 saturated carbocycles. The molecule has 0 amide bonds. The van der Waals surface area contributed by atoms with E-state index >= 15 is 0 Å². The van der Waals surface area contributed by atoms with Gasteiger partial charge in [0.05, 0.1) is 0 Å². The number of nitrogens with one attached hydrogen (secondary N) is 1. The molecule has 3 rings (SSSR count). The summed E-state index contributed by atoms with van der Waals surface area (Å²) in [5.41, 5.74) is 4.60. The van der Waals surface area contributed by atoms with Gasteiger partial charge in [-0.2, -0.15) is 0 Å². The maximum atomic E-state index is 3.51. The molecule has 96 valence electrons. The van der Waals surface area contributed by atoms with Crippen molar-refractivity contribution in [3.63, 3.8) is 0 Å². The van der Waals surface area contributed by atoms with Crippen LogP contribution in [0.5, 0.6) is 0 Å². The van der Waals surface area contributed by atoms with Gasteiger partial charge in [-0.05, 0) is 30.7 Å². The van der Waals surface area contributed by atoms with Gasteiger partial charge in [-0.15, -0.1) is 24.8 Å². The van der Waals surface area contributed by atoms with Crippen molar-refractivity contribution in [3.05, 3.63) is 34.9 Å². The third kappa shape index (κ3) is 2.32. The normalized spacial score (nSPS) is 26.5. The molecule has 2 aliphatic heterocycles. The summed E-state index contributed by atoms with van der Waals surface area (Å²) in [5.74, 6) is 0.707. The summed E-state index contributed by atoms with van der Waals surface area (Å²) in [6, 6.07) is 7.46. The second kappa shape index (κ2) is 5.57. The molecule has 0 radical (unpaired) electrons. The van der Waals surface area contributed by atoms with Crippen LogP contribution in [0, 0.1) is 6.92 Å². The van der Waals surface area contributed by atoms with Gasteiger partial charge < -0.3 is 5.32 Å². The molecular formula is C13H20Cl2N2. The molecule has 0 aromatic heterocycles. The van der Waals surface area contributed by atoms with Crippen LogP contribution in [0.3, 0.4) is 0 Å². The lowest BCUT2D eigenvalue weighted by Crippen LogP contribution is -2.40. The second-order valence-corrected chi connectivity index (χ2v) is 4.89. The highest BCUT2D eigenvalue weighted by Gasteiger charge is 2.36. The molecule has 1 aromatic rings. The third-order valence-electron chi connectivity index (χ3n) is 4.00. The molecule has 0 bridgehead atoms. The zero-order chi connectivity index (χ0) is 10.4. The second-order valence-electron chi connectivity index (χ2n) is 4.89. The summed E-state index contributed by atoms with van der Waals surface area (Å²) < 4.78 is 0. The first-order valence-corrected chi connectivity index (χ1v) is 5.76. The van der Waals surface area contributed by atoms with Crippen molar-refractivity contribution in [2.75, 3.05) is 20.1 Å². The van der Waals surface area contributed by atoms with Gasteiger partial charge in [0.1, 0.15) is 0 Å². The van der Waals surface area contributed by atoms with Gasteiger partial charge >= 0.3 is 0 Å². The quantitative estimate of drug-likeness (QED) is 0.782. The first-order valence-electron chi connectivity index (χ1n) is 5.76. The number of halogens is 2. The first kappa shape index (κ1) is 14.8. The van der Waals surface area contributed by atoms with Crippen LogP contribution in [0.15, 0.2) is 18.2 Å². The van der Waals surface area contributed by atoms with Crippen molar-refractivity contribution in [1.82, 2.24) is 10.2 Å². The summed E-state index contributed by atoms with van der Waals surface area (Å²) >= 11 is 0. The van der Waals surface area contributed by atoms with Crippen molar-refractivity contribution in [2.45, 2.75) is 25.4 Å². The lowest BCUT2D eigenvalue weighted by atomic mass is 9.84. The van der Waals surface area contributed by atoms with Crippen LogP contribution >= 0.6 is 24.8 Å². The van der Waals surface area contributed by atoms with Gasteiger partial charge in [0, 0.05) is 31.6 Å². The van der Waals surface area contributed by atoms with Crippen LogP contribution in [-0.4, -0.2) is 31.1 Å². The summed E-state index contributed by atoms with van der Waals surface area (Å²) in [4.78, 5) is 2.50. The van der Waals surface area contributed by atoms with Gasteiger partial charge in [-0.25, -0.2) is 0 Å². The molecule has 1 fully saturated rings. The number of hydrogen-bond donors (Lipinski definition) is 1. The Balaban J connectivity index is 0.000000722. The van der Waals surface area contributed by atoms with E-state index in [1.165, 1.54) is 5.56 Å². The van der Waals surface area contributed by atoms with Crippen LogP contribution < -0.4 is 5.32 Å². The molecular weight excluding hydrogens is 255 g/mol. The number of aryl methyl sites for hydroxylation is 1. The van der Waals surface area contributed by atoms with Gasteiger partial charge in [0.25, 0.3) is 0 Å². The fourth-order valence-electron chi connectivity index (χ4n) is 3.10. The number of rotatable bonds is 0. The van der Waals surface area contributed by atoms with E-state index in [-0.39, 0.29) is 24.8 Å². The lowest BCUT2D eigenvalue weighted by Gasteiger charge is -2.36. The molecule has 2 atom stereocenters. The Morgan fingerprint density at radius 2 is 2.00 bits per heavy atom. The molecule has 4 heteroatoms. The number of fused-ring (bicyclic) bond motifs is 3. The minimum Gasteiger partial charge on any atom is -0.314 e. The number of benzene rings is 1. The Morgan fingerprint density at radius 1 is 1.24 bits per heavy atom. The standard InChI is InChI=1S/C13H18N2.2ClH/c1-9-4-3-5-10-11-6-14-7-13(11)15(2)8-12(9)10;;/h3-5,11,13-14H,6-8H2,1-2H3;2*1H/t11-,13+;;/m0../s1. The summed E-state index contributed by atoms with van der Waals surface area (Å²) in [6.07, 6.45) is 0. The molecule has 2 nitrogen and oxygen atoms in total. The maximum Gasteiger partial charge on any atom is 0.0302 e. The fraction of sp³-hybridized carbons (Fsp3) is 0.538. The Hall–Kier alpha value is -0.280.